The van der Waals surface area contributed by atoms with Gasteiger partial charge in [0.05, 0.1) is 15.6 Å². The predicted octanol–water partition coefficient (Wildman–Crippen LogP) is 7.90. The number of carbonyl (C=O) groups is 1. The Morgan fingerprint density at radius 2 is 1.78 bits per heavy atom. The van der Waals surface area contributed by atoms with Gasteiger partial charge in [-0.25, -0.2) is 4.99 Å². The molecule has 1 aromatic heterocycles. The molecule has 0 atom stereocenters. The highest BCUT2D eigenvalue weighted by Gasteiger charge is 2.38. The maximum Gasteiger partial charge on any atom is 0.267 e. The number of aromatic nitrogens is 1. The van der Waals surface area contributed by atoms with Crippen LogP contribution in [-0.4, -0.2) is 27.0 Å². The van der Waals surface area contributed by atoms with Crippen LogP contribution >= 0.6 is 35.0 Å². The summed E-state index contributed by atoms with van der Waals surface area (Å²) < 4.78 is 5.89. The maximum atomic E-state index is 13.5. The van der Waals surface area contributed by atoms with Crippen molar-refractivity contribution in [2.45, 2.75) is 44.8 Å². The van der Waals surface area contributed by atoms with Crippen molar-refractivity contribution >= 4 is 57.8 Å². The van der Waals surface area contributed by atoms with Crippen LogP contribution in [0.4, 0.5) is 5.69 Å². The molecule has 1 amide bonds. The smallest absolute Gasteiger partial charge is 0.267 e. The molecule has 1 saturated carbocycles. The lowest BCUT2D eigenvalue weighted by Gasteiger charge is -2.30. The molecule has 36 heavy (non-hydrogen) atoms. The van der Waals surface area contributed by atoms with Crippen molar-refractivity contribution < 1.29 is 9.53 Å². The summed E-state index contributed by atoms with van der Waals surface area (Å²) >= 11 is 13.7. The summed E-state index contributed by atoms with van der Waals surface area (Å²) in [5, 5.41) is 1.84. The normalized spacial score (nSPS) is 18.8. The number of aliphatic imine (C=N–C) groups is 1. The van der Waals surface area contributed by atoms with E-state index in [9.17, 15) is 4.79 Å². The number of benzene rings is 2. The molecule has 2 fully saturated rings. The lowest BCUT2D eigenvalue weighted by molar-refractivity contribution is -0.124. The predicted molar refractivity (Wildman–Crippen MR) is 148 cm³/mol. The molecule has 1 saturated heterocycles. The van der Waals surface area contributed by atoms with E-state index in [0.717, 1.165) is 42.6 Å². The molecule has 1 aliphatic heterocycles. The Hall–Kier alpha value is -2.80. The molecule has 1 aliphatic carbocycles. The molecular formula is C28H25Cl2N3O2S. The second-order valence-corrected chi connectivity index (χ2v) is 10.6. The van der Waals surface area contributed by atoms with Crippen molar-refractivity contribution in [2.75, 3.05) is 0 Å². The van der Waals surface area contributed by atoms with Gasteiger partial charge in [-0.2, -0.15) is 0 Å². The van der Waals surface area contributed by atoms with Gasteiger partial charge in [-0.3, -0.25) is 14.7 Å². The zero-order valence-corrected chi connectivity index (χ0v) is 21.9. The fourth-order valence-electron chi connectivity index (χ4n) is 4.35. The van der Waals surface area contributed by atoms with Crippen LogP contribution in [-0.2, 0) is 11.4 Å². The topological polar surface area (TPSA) is 54.8 Å². The van der Waals surface area contributed by atoms with Crippen LogP contribution in [0.2, 0.25) is 10.0 Å². The third-order valence-corrected chi connectivity index (χ3v) is 7.77. The van der Waals surface area contributed by atoms with Crippen LogP contribution in [0.5, 0.6) is 5.75 Å². The molecule has 2 aliphatic rings. The van der Waals surface area contributed by atoms with E-state index in [2.05, 4.69) is 4.98 Å². The Labute approximate surface area is 225 Å². The fourth-order valence-corrected chi connectivity index (χ4v) is 5.69. The van der Waals surface area contributed by atoms with Crippen LogP contribution in [0, 0.1) is 0 Å². The van der Waals surface area contributed by atoms with Crippen molar-refractivity contribution in [1.29, 1.82) is 0 Å². The number of rotatable bonds is 6. The number of hydrogen-bond acceptors (Lipinski definition) is 5. The molecule has 5 rings (SSSR count). The number of nitrogens with zero attached hydrogens (tertiary/aromatic N) is 3. The SMILES string of the molecule is O=C1/C(=C/c2ccc(OCc3ccc(Cl)cc3)cc2)SC(=Nc2ccncc2Cl)N1C1CCCCC1. The first-order valence-corrected chi connectivity index (χ1v) is 13.5. The molecule has 0 N–H and O–H groups in total. The minimum atomic E-state index is -0.00102. The van der Waals surface area contributed by atoms with Gasteiger partial charge in [0.15, 0.2) is 5.17 Å². The number of halogens is 2. The first-order chi connectivity index (χ1) is 17.6. The third-order valence-electron chi connectivity index (χ3n) is 6.24. The maximum absolute atomic E-state index is 13.5. The second kappa shape index (κ2) is 11.5. The summed E-state index contributed by atoms with van der Waals surface area (Å²) in [6.45, 7) is 0.458. The summed E-state index contributed by atoms with van der Waals surface area (Å²) in [5.74, 6) is 0.759. The van der Waals surface area contributed by atoms with E-state index in [1.165, 1.54) is 18.2 Å². The summed E-state index contributed by atoms with van der Waals surface area (Å²) in [6, 6.07) is 17.3. The minimum absolute atomic E-state index is 0.00102. The Morgan fingerprint density at radius 1 is 1.03 bits per heavy atom. The van der Waals surface area contributed by atoms with Crippen molar-refractivity contribution in [2.24, 2.45) is 4.99 Å². The first-order valence-electron chi connectivity index (χ1n) is 12.0. The molecule has 2 aromatic carbocycles. The van der Waals surface area contributed by atoms with Gasteiger partial charge >= 0.3 is 0 Å². The Morgan fingerprint density at radius 3 is 2.50 bits per heavy atom. The molecule has 8 heteroatoms. The molecular weight excluding hydrogens is 513 g/mol. The van der Waals surface area contributed by atoms with Gasteiger partial charge < -0.3 is 4.74 Å². The lowest BCUT2D eigenvalue weighted by Crippen LogP contribution is -2.40. The standard InChI is InChI=1S/C28H25Cl2N3O2S/c29-21-10-6-20(7-11-21)18-35-23-12-8-19(9-13-23)16-26-27(34)33(22-4-2-1-3-5-22)28(36-26)32-25-14-15-31-17-24(25)30/h6-17,22H,1-5,18H2/b26-16-,32-28?. The monoisotopic (exact) mass is 537 g/mol. The van der Waals surface area contributed by atoms with Gasteiger partial charge in [0.2, 0.25) is 0 Å². The average molecular weight is 539 g/mol. The van der Waals surface area contributed by atoms with E-state index in [1.807, 2.05) is 59.5 Å². The van der Waals surface area contributed by atoms with Crippen LogP contribution in [0.1, 0.15) is 43.2 Å². The Balaban J connectivity index is 1.35. The van der Waals surface area contributed by atoms with E-state index < -0.39 is 0 Å². The van der Waals surface area contributed by atoms with Crippen LogP contribution < -0.4 is 4.74 Å². The lowest BCUT2D eigenvalue weighted by atomic mass is 9.94. The van der Waals surface area contributed by atoms with Crippen molar-refractivity contribution in [3.05, 3.63) is 93.1 Å². The van der Waals surface area contributed by atoms with Gasteiger partial charge in [-0.05, 0) is 72.1 Å². The number of ether oxygens (including phenoxy) is 1. The molecule has 0 spiro atoms. The zero-order chi connectivity index (χ0) is 24.9. The number of thioether (sulfide) groups is 1. The van der Waals surface area contributed by atoms with Crippen molar-refractivity contribution in [1.82, 2.24) is 9.88 Å². The molecule has 184 valence electrons. The highest BCUT2D eigenvalue weighted by Crippen LogP contribution is 2.39. The summed E-state index contributed by atoms with van der Waals surface area (Å²) in [7, 11) is 0. The first kappa shape index (κ1) is 24.9. The van der Waals surface area contributed by atoms with Crippen molar-refractivity contribution in [3.8, 4) is 5.75 Å². The highest BCUT2D eigenvalue weighted by atomic mass is 35.5. The van der Waals surface area contributed by atoms with E-state index in [4.69, 9.17) is 32.9 Å². The third kappa shape index (κ3) is 5.94. The molecule has 0 radical (unpaired) electrons. The average Bonchev–Trinajstić information content (AvgIpc) is 3.20. The molecule has 0 bridgehead atoms. The quantitative estimate of drug-likeness (QED) is 0.300. The molecule has 2 heterocycles. The highest BCUT2D eigenvalue weighted by molar-refractivity contribution is 8.18. The van der Waals surface area contributed by atoms with E-state index in [1.54, 1.807) is 18.5 Å². The number of hydrogen-bond donors (Lipinski definition) is 0. The van der Waals surface area contributed by atoms with Gasteiger partial charge in [0.25, 0.3) is 5.91 Å². The van der Waals surface area contributed by atoms with Gasteiger partial charge in [-0.15, -0.1) is 0 Å². The van der Waals surface area contributed by atoms with Crippen LogP contribution in [0.25, 0.3) is 6.08 Å². The molecule has 0 unspecified atom stereocenters. The van der Waals surface area contributed by atoms with Crippen LogP contribution in [0.3, 0.4) is 0 Å². The summed E-state index contributed by atoms with van der Waals surface area (Å²) in [5.41, 5.74) is 2.59. The number of pyridine rings is 1. The van der Waals surface area contributed by atoms with E-state index in [-0.39, 0.29) is 11.9 Å². The van der Waals surface area contributed by atoms with E-state index in [0.29, 0.717) is 32.4 Å². The molecule has 3 aromatic rings. The largest absolute Gasteiger partial charge is 0.489 e. The van der Waals surface area contributed by atoms with Crippen molar-refractivity contribution in [3.63, 3.8) is 0 Å². The fraction of sp³-hybridized carbons (Fsp3) is 0.250. The van der Waals surface area contributed by atoms with Crippen LogP contribution in [0.15, 0.2) is 76.9 Å². The van der Waals surface area contributed by atoms with E-state index >= 15 is 0 Å². The second-order valence-electron chi connectivity index (χ2n) is 8.78. The number of amides is 1. The Kier molecular flexibility index (Phi) is 7.95. The Bertz CT molecular complexity index is 1290. The summed E-state index contributed by atoms with van der Waals surface area (Å²) in [4.78, 5) is 24.9. The molecule has 5 nitrogen and oxygen atoms in total. The van der Waals surface area contributed by atoms with Gasteiger partial charge in [-0.1, -0.05) is 66.7 Å². The van der Waals surface area contributed by atoms with Gasteiger partial charge in [0, 0.05) is 23.5 Å². The minimum Gasteiger partial charge on any atom is -0.489 e. The number of amidine groups is 1. The summed E-state index contributed by atoms with van der Waals surface area (Å²) in [6.07, 6.45) is 10.6. The number of carbonyl (C=O) groups excluding carboxylic acids is 1. The van der Waals surface area contributed by atoms with Gasteiger partial charge in [0.1, 0.15) is 12.4 Å². The zero-order valence-electron chi connectivity index (χ0n) is 19.6.